The number of Topliss-reactive ketones (excluding diaryl/α,β-unsaturated/α-hetero) is 2. The number of pyridine rings is 1. The summed E-state index contributed by atoms with van der Waals surface area (Å²) < 4.78 is 28.2. The number of nitrogens with zero attached hydrogens (tertiary/aromatic N) is 3. The van der Waals surface area contributed by atoms with Crippen molar-refractivity contribution in [3.63, 3.8) is 0 Å². The first-order chi connectivity index (χ1) is 13.1. The van der Waals surface area contributed by atoms with E-state index in [0.717, 1.165) is 5.69 Å². The van der Waals surface area contributed by atoms with E-state index in [2.05, 4.69) is 10.1 Å². The van der Waals surface area contributed by atoms with E-state index in [1.807, 2.05) is 0 Å². The zero-order chi connectivity index (χ0) is 20.6. The average molecular weight is 389 g/mol. The van der Waals surface area contributed by atoms with Crippen LogP contribution in [0.2, 0.25) is 0 Å². The molecule has 6 nitrogen and oxygen atoms in total. The lowest BCUT2D eigenvalue weighted by Gasteiger charge is -2.28. The Hall–Kier alpha value is -2.90. The van der Waals surface area contributed by atoms with E-state index in [1.54, 1.807) is 39.0 Å². The van der Waals surface area contributed by atoms with Crippen molar-refractivity contribution in [2.24, 2.45) is 5.41 Å². The topological polar surface area (TPSA) is 85.1 Å². The highest BCUT2D eigenvalue weighted by Gasteiger charge is 2.38. The number of rotatable bonds is 4. The van der Waals surface area contributed by atoms with E-state index in [-0.39, 0.29) is 24.9 Å². The summed E-state index contributed by atoms with van der Waals surface area (Å²) in [7, 11) is 0. The number of allylic oxidation sites excluding steroid dienone is 1. The van der Waals surface area contributed by atoms with Crippen LogP contribution in [0.3, 0.4) is 0 Å². The van der Waals surface area contributed by atoms with Crippen LogP contribution >= 0.6 is 0 Å². The SMILES string of the molecule is Cc1cccc(Cn2cc(C(O)=C3C(=O)CC(C)(C)CC3=O)c(C(F)F)n2)n1. The molecule has 28 heavy (non-hydrogen) atoms. The first-order valence-electron chi connectivity index (χ1n) is 8.85. The molecule has 2 heterocycles. The summed E-state index contributed by atoms with van der Waals surface area (Å²) in [5.74, 6) is -1.83. The molecule has 148 valence electrons. The maximum atomic E-state index is 13.5. The Labute approximate surface area is 160 Å². The van der Waals surface area contributed by atoms with Crippen LogP contribution in [0.1, 0.15) is 55.8 Å². The molecule has 0 unspecified atom stereocenters. The minimum absolute atomic E-state index is 0.0590. The number of aryl methyl sites for hydroxylation is 1. The normalized spacial score (nSPS) is 16.7. The van der Waals surface area contributed by atoms with Gasteiger partial charge in [0.05, 0.1) is 17.8 Å². The third-order valence-electron chi connectivity index (χ3n) is 4.59. The number of carbonyl (C=O) groups excluding carboxylic acids is 2. The van der Waals surface area contributed by atoms with Crippen molar-refractivity contribution in [3.05, 3.63) is 52.6 Å². The molecule has 2 aromatic rings. The third kappa shape index (κ3) is 4.00. The number of aliphatic hydroxyl groups excluding tert-OH is 1. The van der Waals surface area contributed by atoms with Crippen molar-refractivity contribution in [2.45, 2.75) is 46.6 Å². The number of aliphatic hydroxyl groups is 1. The number of hydrogen-bond donors (Lipinski definition) is 1. The van der Waals surface area contributed by atoms with Gasteiger partial charge in [0.1, 0.15) is 17.0 Å². The van der Waals surface area contributed by atoms with Crippen LogP contribution in [-0.4, -0.2) is 31.4 Å². The molecule has 2 aromatic heterocycles. The monoisotopic (exact) mass is 389 g/mol. The van der Waals surface area contributed by atoms with Crippen LogP contribution in [0.4, 0.5) is 8.78 Å². The minimum Gasteiger partial charge on any atom is -0.506 e. The largest absolute Gasteiger partial charge is 0.506 e. The Kier molecular flexibility index (Phi) is 5.14. The first-order valence-corrected chi connectivity index (χ1v) is 8.85. The van der Waals surface area contributed by atoms with E-state index in [9.17, 15) is 23.5 Å². The lowest BCUT2D eigenvalue weighted by molar-refractivity contribution is -0.127. The number of carbonyl (C=O) groups is 2. The molecule has 1 N–H and O–H groups in total. The number of hydrogen-bond acceptors (Lipinski definition) is 5. The van der Waals surface area contributed by atoms with Crippen molar-refractivity contribution in [1.29, 1.82) is 0 Å². The number of halogens is 2. The molecule has 3 rings (SSSR count). The first kappa shape index (κ1) is 19.9. The van der Waals surface area contributed by atoms with Gasteiger partial charge >= 0.3 is 0 Å². The molecule has 0 spiro atoms. The van der Waals surface area contributed by atoms with Gasteiger partial charge < -0.3 is 5.11 Å². The molecule has 8 heteroatoms. The predicted molar refractivity (Wildman–Crippen MR) is 97.8 cm³/mol. The number of ketones is 2. The van der Waals surface area contributed by atoms with Gasteiger partial charge in [-0.2, -0.15) is 5.10 Å². The van der Waals surface area contributed by atoms with Crippen LogP contribution in [0.5, 0.6) is 0 Å². The fourth-order valence-corrected chi connectivity index (χ4v) is 3.38. The Morgan fingerprint density at radius 2 is 1.89 bits per heavy atom. The smallest absolute Gasteiger partial charge is 0.282 e. The van der Waals surface area contributed by atoms with Crippen LogP contribution in [0, 0.1) is 12.3 Å². The predicted octanol–water partition coefficient (Wildman–Crippen LogP) is 3.80. The van der Waals surface area contributed by atoms with Crippen molar-refractivity contribution >= 4 is 17.3 Å². The van der Waals surface area contributed by atoms with Gasteiger partial charge in [-0.3, -0.25) is 19.3 Å². The molecule has 0 amide bonds. The van der Waals surface area contributed by atoms with Gasteiger partial charge in [-0.05, 0) is 24.5 Å². The van der Waals surface area contributed by atoms with E-state index >= 15 is 0 Å². The van der Waals surface area contributed by atoms with Crippen LogP contribution in [0.25, 0.3) is 5.76 Å². The van der Waals surface area contributed by atoms with Gasteiger partial charge in [0.15, 0.2) is 11.6 Å². The summed E-state index contributed by atoms with van der Waals surface area (Å²) >= 11 is 0. The highest BCUT2D eigenvalue weighted by molar-refractivity contribution is 6.26. The third-order valence-corrected chi connectivity index (χ3v) is 4.59. The van der Waals surface area contributed by atoms with Crippen molar-refractivity contribution in [2.75, 3.05) is 0 Å². The molecule has 1 saturated carbocycles. The molecule has 0 radical (unpaired) electrons. The molecular formula is C20H21F2N3O3. The molecule has 1 fully saturated rings. The summed E-state index contributed by atoms with van der Waals surface area (Å²) in [5.41, 5.74) is -0.556. The van der Waals surface area contributed by atoms with Crippen molar-refractivity contribution in [3.8, 4) is 0 Å². The lowest BCUT2D eigenvalue weighted by atomic mass is 9.73. The molecule has 0 aliphatic heterocycles. The van der Waals surface area contributed by atoms with E-state index < -0.39 is 40.4 Å². The molecule has 0 saturated heterocycles. The highest BCUT2D eigenvalue weighted by atomic mass is 19.3. The van der Waals surface area contributed by atoms with Crippen LogP contribution < -0.4 is 0 Å². The fourth-order valence-electron chi connectivity index (χ4n) is 3.38. The molecular weight excluding hydrogens is 368 g/mol. The molecule has 1 aliphatic carbocycles. The summed E-state index contributed by atoms with van der Waals surface area (Å²) in [4.78, 5) is 29.1. The van der Waals surface area contributed by atoms with E-state index in [0.29, 0.717) is 5.69 Å². The second-order valence-corrected chi connectivity index (χ2v) is 7.78. The Bertz CT molecular complexity index is 955. The summed E-state index contributed by atoms with van der Waals surface area (Å²) in [6.45, 7) is 5.46. The van der Waals surface area contributed by atoms with Gasteiger partial charge in [-0.15, -0.1) is 0 Å². The van der Waals surface area contributed by atoms with Gasteiger partial charge in [0.2, 0.25) is 0 Å². The highest BCUT2D eigenvalue weighted by Crippen LogP contribution is 2.37. The zero-order valence-electron chi connectivity index (χ0n) is 15.9. The quantitative estimate of drug-likeness (QED) is 0.488. The van der Waals surface area contributed by atoms with Crippen molar-refractivity contribution < 1.29 is 23.5 Å². The lowest BCUT2D eigenvalue weighted by Crippen LogP contribution is -2.32. The summed E-state index contributed by atoms with van der Waals surface area (Å²) in [6, 6.07) is 5.32. The second-order valence-electron chi connectivity index (χ2n) is 7.78. The zero-order valence-corrected chi connectivity index (χ0v) is 15.9. The van der Waals surface area contributed by atoms with Gasteiger partial charge in [0, 0.05) is 24.7 Å². The van der Waals surface area contributed by atoms with Gasteiger partial charge in [-0.1, -0.05) is 19.9 Å². The average Bonchev–Trinajstić information content (AvgIpc) is 2.97. The summed E-state index contributed by atoms with van der Waals surface area (Å²) in [5, 5.41) is 14.4. The van der Waals surface area contributed by atoms with Gasteiger partial charge in [-0.25, -0.2) is 8.78 Å². The van der Waals surface area contributed by atoms with Crippen molar-refractivity contribution in [1.82, 2.24) is 14.8 Å². The maximum absolute atomic E-state index is 13.5. The van der Waals surface area contributed by atoms with E-state index in [4.69, 9.17) is 0 Å². The summed E-state index contributed by atoms with van der Waals surface area (Å²) in [6.07, 6.45) is -1.64. The number of alkyl halides is 2. The molecule has 0 bridgehead atoms. The van der Waals surface area contributed by atoms with Gasteiger partial charge in [0.25, 0.3) is 6.43 Å². The number of aromatic nitrogens is 3. The maximum Gasteiger partial charge on any atom is 0.282 e. The standard InChI is InChI=1S/C20H21F2N3O3/c1-11-5-4-6-12(23-11)9-25-10-13(17(24-25)19(21)22)18(28)16-14(26)7-20(2,3)8-15(16)27/h4-6,10,19,28H,7-9H2,1-3H3. The Balaban J connectivity index is 2.02. The minimum atomic E-state index is -2.98. The van der Waals surface area contributed by atoms with Crippen LogP contribution in [-0.2, 0) is 16.1 Å². The molecule has 1 aliphatic rings. The molecule has 0 aromatic carbocycles. The van der Waals surface area contributed by atoms with E-state index in [1.165, 1.54) is 10.9 Å². The molecule has 0 atom stereocenters. The van der Waals surface area contributed by atoms with Crippen LogP contribution in [0.15, 0.2) is 30.0 Å². The Morgan fingerprint density at radius 3 is 2.46 bits per heavy atom. The second kappa shape index (κ2) is 7.26. The Morgan fingerprint density at radius 1 is 1.25 bits per heavy atom. The fraction of sp³-hybridized carbons (Fsp3) is 0.400.